The summed E-state index contributed by atoms with van der Waals surface area (Å²) in [5.41, 5.74) is 4.38. The fourth-order valence-corrected chi connectivity index (χ4v) is 11.6. The monoisotopic (exact) mass is 707 g/mol. The molecule has 0 radical (unpaired) electrons. The van der Waals surface area contributed by atoms with Gasteiger partial charge in [0.15, 0.2) is 7.26 Å². The molecule has 4 aromatic carbocycles. The number of hydrogen-bond donors (Lipinski definition) is 0. The van der Waals surface area contributed by atoms with E-state index >= 15 is 0 Å². The average Bonchev–Trinajstić information content (AvgIpc) is 3.56. The van der Waals surface area contributed by atoms with Crippen LogP contribution in [0.4, 0.5) is 5.88 Å². The number of hydrogen-bond acceptors (Lipinski definition) is 8. The quantitative estimate of drug-likeness (QED) is 0.236. The fourth-order valence-electron chi connectivity index (χ4n) is 7.38. The zero-order valence-electron chi connectivity index (χ0n) is 27.3. The van der Waals surface area contributed by atoms with Gasteiger partial charge in [-0.3, -0.25) is 4.79 Å². The van der Waals surface area contributed by atoms with Crippen LogP contribution in [-0.4, -0.2) is 22.6 Å². The molecular weight excluding hydrogens is 673 g/mol. The van der Waals surface area contributed by atoms with Gasteiger partial charge in [-0.2, -0.15) is 4.98 Å². The number of nitrogens with zero attached hydrogens (tertiary/aromatic N) is 3. The minimum Gasteiger partial charge on any atom is -0.416 e. The van der Waals surface area contributed by atoms with Crippen LogP contribution in [0.3, 0.4) is 0 Å². The summed E-state index contributed by atoms with van der Waals surface area (Å²) in [7, 11) is -7.47. The predicted molar refractivity (Wildman–Crippen MR) is 185 cm³/mol. The zero-order chi connectivity index (χ0) is 34.9. The van der Waals surface area contributed by atoms with E-state index in [0.29, 0.717) is 11.8 Å². The summed E-state index contributed by atoms with van der Waals surface area (Å²) in [6, 6.07) is 46.8. The Morgan fingerprint density at radius 2 is 1.24 bits per heavy atom. The van der Waals surface area contributed by atoms with Gasteiger partial charge in [0.05, 0.1) is 0 Å². The van der Waals surface area contributed by atoms with Gasteiger partial charge in [0, 0.05) is 42.9 Å². The predicted octanol–water partition coefficient (Wildman–Crippen LogP) is 1.30. The van der Waals surface area contributed by atoms with Crippen molar-refractivity contribution in [3.8, 4) is 11.5 Å². The molecule has 4 heterocycles. The third-order valence-corrected chi connectivity index (χ3v) is 13.6. The molecule has 2 aliphatic heterocycles. The number of pyridine rings is 1. The van der Waals surface area contributed by atoms with Crippen molar-refractivity contribution in [2.24, 2.45) is 5.92 Å². The first kappa shape index (κ1) is 33.9. The lowest BCUT2D eigenvalue weighted by molar-refractivity contribution is -2.00. The highest BCUT2D eigenvalue weighted by Gasteiger charge is 2.54. The van der Waals surface area contributed by atoms with Crippen LogP contribution in [0, 0.1) is 23.1 Å². The minimum atomic E-state index is -4.94. The second-order valence-corrected chi connectivity index (χ2v) is 16.7. The molecule has 50 heavy (non-hydrogen) atoms. The maximum absolute atomic E-state index is 12.8. The number of piperidine rings is 1. The van der Waals surface area contributed by atoms with Crippen molar-refractivity contribution >= 4 is 34.5 Å². The third-order valence-electron chi connectivity index (χ3n) is 9.41. The van der Waals surface area contributed by atoms with E-state index in [1.54, 1.807) is 6.07 Å². The molecule has 0 aliphatic carbocycles. The van der Waals surface area contributed by atoms with Crippen molar-refractivity contribution in [3.63, 3.8) is 0 Å². The summed E-state index contributed by atoms with van der Waals surface area (Å²) in [5.74, 6) is 2.07. The lowest BCUT2D eigenvalue weighted by Crippen LogP contribution is -2.68. The van der Waals surface area contributed by atoms with E-state index in [-0.39, 0.29) is 11.5 Å². The van der Waals surface area contributed by atoms with E-state index in [2.05, 4.69) is 133 Å². The summed E-state index contributed by atoms with van der Waals surface area (Å²) in [6.07, 6.45) is 1.07. The van der Waals surface area contributed by atoms with E-state index in [1.807, 2.05) is 10.6 Å². The molecule has 2 bridgehead atoms. The molecule has 0 amide bonds. The van der Waals surface area contributed by atoms with Crippen LogP contribution in [0.15, 0.2) is 143 Å². The van der Waals surface area contributed by atoms with Crippen LogP contribution in [-0.2, 0) is 6.54 Å². The SMILES string of the molecule is Cc1ccc(-c2nc([P+](c3ccccc3)(c3ccccc3)c3ccccc3)c(N3CC4CC(C3)c3cccc(=O)n3C4)o2)cc1.[O-][Cl+3]([O-])([O-])[O-]. The van der Waals surface area contributed by atoms with Gasteiger partial charge in [-0.15, -0.1) is 10.2 Å². The molecule has 0 spiro atoms. The van der Waals surface area contributed by atoms with Crippen molar-refractivity contribution in [1.29, 1.82) is 0 Å². The lowest BCUT2D eigenvalue weighted by atomic mass is 9.83. The molecule has 2 unspecified atom stereocenters. The van der Waals surface area contributed by atoms with Gasteiger partial charge in [-0.05, 0) is 73.9 Å². The van der Waals surface area contributed by atoms with Gasteiger partial charge in [0.2, 0.25) is 5.89 Å². The molecule has 254 valence electrons. The number of aryl methyl sites for hydroxylation is 1. The van der Waals surface area contributed by atoms with Gasteiger partial charge in [-0.1, -0.05) is 78.4 Å². The van der Waals surface area contributed by atoms with Crippen LogP contribution in [0.5, 0.6) is 0 Å². The third kappa shape index (κ3) is 6.76. The first-order chi connectivity index (χ1) is 24.1. The Kier molecular flexibility index (Phi) is 9.46. The summed E-state index contributed by atoms with van der Waals surface area (Å²) in [6.45, 7) is 4.41. The number of benzene rings is 4. The Balaban J connectivity index is 0.000000734. The van der Waals surface area contributed by atoms with Crippen molar-refractivity contribution < 1.29 is 33.3 Å². The lowest BCUT2D eigenvalue weighted by Gasteiger charge is -2.42. The molecule has 0 saturated carbocycles. The number of oxazole rings is 1. The van der Waals surface area contributed by atoms with Crippen LogP contribution >= 0.6 is 7.26 Å². The number of rotatable bonds is 6. The second kappa shape index (κ2) is 14.0. The standard InChI is InChI=1S/C39H35N3O2P.ClHO4/c1-28-20-22-30(23-21-28)37-40-38(39(44-37)41-25-29-24-31(27-41)35-18-11-19-36(43)42(35)26-29)45(32-12-5-2-6-13-32,33-14-7-3-8-15-33)34-16-9-4-10-17-34;2-1(3,4)5/h2-23,29,31H,24-27H2,1H3;(H,2,3,4,5)/q+1;/p-1. The molecule has 6 aromatic rings. The summed E-state index contributed by atoms with van der Waals surface area (Å²) in [4.78, 5) is 20.8. The molecule has 0 N–H and O–H groups in total. The highest BCUT2D eigenvalue weighted by molar-refractivity contribution is 8.01. The molecule has 1 saturated heterocycles. The molecule has 11 heteroatoms. The zero-order valence-corrected chi connectivity index (χ0v) is 29.0. The first-order valence-corrected chi connectivity index (χ1v) is 19.3. The highest BCUT2D eigenvalue weighted by Crippen LogP contribution is 2.56. The van der Waals surface area contributed by atoms with Crippen molar-refractivity contribution in [2.45, 2.75) is 25.8 Å². The molecule has 1 fully saturated rings. The number of halogens is 1. The number of aromatic nitrogens is 2. The Bertz CT molecular complexity index is 2020. The van der Waals surface area contributed by atoms with Crippen molar-refractivity contribution in [3.05, 3.63) is 155 Å². The highest BCUT2D eigenvalue weighted by atomic mass is 35.7. The van der Waals surface area contributed by atoms with E-state index in [0.717, 1.165) is 48.6 Å². The van der Waals surface area contributed by atoms with Gasteiger partial charge in [-0.25, -0.2) is 18.6 Å². The summed E-state index contributed by atoms with van der Waals surface area (Å²) >= 11 is 0. The van der Waals surface area contributed by atoms with Crippen LogP contribution < -0.4 is 50.4 Å². The number of fused-ring (bicyclic) bond motifs is 4. The minimum absolute atomic E-state index is 0.0971. The van der Waals surface area contributed by atoms with E-state index in [9.17, 15) is 4.79 Å². The van der Waals surface area contributed by atoms with E-state index < -0.39 is 17.5 Å². The molecule has 9 nitrogen and oxygen atoms in total. The normalized spacial score (nSPS) is 17.0. The molecule has 8 rings (SSSR count). The smallest absolute Gasteiger partial charge is 0.262 e. The molecule has 2 atom stereocenters. The first-order valence-electron chi connectivity index (χ1n) is 16.3. The van der Waals surface area contributed by atoms with Crippen LogP contribution in [0.2, 0.25) is 0 Å². The summed E-state index contributed by atoms with van der Waals surface area (Å²) in [5, 5.41) is 3.71. The Morgan fingerprint density at radius 1 is 0.700 bits per heavy atom. The fraction of sp³-hybridized carbons (Fsp3) is 0.179. The molecule has 2 aliphatic rings. The van der Waals surface area contributed by atoms with Crippen LogP contribution in [0.25, 0.3) is 11.5 Å². The Labute approximate surface area is 292 Å². The largest absolute Gasteiger partial charge is 0.416 e. The average molecular weight is 708 g/mol. The van der Waals surface area contributed by atoms with Gasteiger partial charge >= 0.3 is 0 Å². The Hall–Kier alpha value is -4.60. The number of anilines is 1. The van der Waals surface area contributed by atoms with Crippen LogP contribution in [0.1, 0.15) is 23.6 Å². The van der Waals surface area contributed by atoms with Crippen molar-refractivity contribution in [2.75, 3.05) is 18.0 Å². The molecule has 2 aromatic heterocycles. The topological polar surface area (TPSA) is 144 Å². The van der Waals surface area contributed by atoms with E-state index in [1.165, 1.54) is 21.5 Å². The van der Waals surface area contributed by atoms with Crippen molar-refractivity contribution in [1.82, 2.24) is 9.55 Å². The van der Waals surface area contributed by atoms with E-state index in [4.69, 9.17) is 28.0 Å². The summed E-state index contributed by atoms with van der Waals surface area (Å²) < 4.78 is 43.0. The van der Waals surface area contributed by atoms with Gasteiger partial charge in [0.1, 0.15) is 15.9 Å². The molecular formula is C39H35ClN3O6P. The van der Waals surface area contributed by atoms with Gasteiger partial charge in [0.25, 0.3) is 16.9 Å². The Morgan fingerprint density at radius 3 is 1.78 bits per heavy atom. The maximum Gasteiger partial charge on any atom is 0.262 e. The second-order valence-electron chi connectivity index (χ2n) is 12.7. The maximum atomic E-state index is 12.8. The van der Waals surface area contributed by atoms with Gasteiger partial charge < -0.3 is 13.9 Å².